The predicted molar refractivity (Wildman–Crippen MR) is 110 cm³/mol. The molecular formula is C25H34O3. The number of ketones is 1. The highest BCUT2D eigenvalue weighted by molar-refractivity contribution is 5.93. The zero-order valence-electron chi connectivity index (χ0n) is 17.3. The molecule has 0 spiro atoms. The minimum absolute atomic E-state index is 0.0433. The Morgan fingerprint density at radius 2 is 2.14 bits per heavy atom. The van der Waals surface area contributed by atoms with Crippen molar-refractivity contribution in [3.8, 4) is 0 Å². The lowest BCUT2D eigenvalue weighted by molar-refractivity contribution is -0.164. The van der Waals surface area contributed by atoms with Crippen LogP contribution in [0.15, 0.2) is 34.9 Å². The molecule has 4 aliphatic carbocycles. The third kappa shape index (κ3) is 3.45. The van der Waals surface area contributed by atoms with E-state index in [9.17, 15) is 4.79 Å². The summed E-state index contributed by atoms with van der Waals surface area (Å²) >= 11 is 0. The number of ether oxygens (including phenoxy) is 2. The highest BCUT2D eigenvalue weighted by atomic mass is 16.7. The summed E-state index contributed by atoms with van der Waals surface area (Å²) in [6.07, 6.45) is 18.2. The highest BCUT2D eigenvalue weighted by Gasteiger charge is 2.49. The minimum atomic E-state index is 0.0433. The van der Waals surface area contributed by atoms with Crippen LogP contribution in [0.2, 0.25) is 0 Å². The minimum Gasteiger partial charge on any atom is -0.353 e. The van der Waals surface area contributed by atoms with Crippen molar-refractivity contribution in [3.05, 3.63) is 34.9 Å². The topological polar surface area (TPSA) is 35.5 Å². The molecular weight excluding hydrogens is 348 g/mol. The van der Waals surface area contributed by atoms with Gasteiger partial charge in [-0.2, -0.15) is 0 Å². The van der Waals surface area contributed by atoms with E-state index < -0.39 is 0 Å². The Labute approximate surface area is 169 Å². The van der Waals surface area contributed by atoms with Crippen molar-refractivity contribution in [2.24, 2.45) is 23.2 Å². The van der Waals surface area contributed by atoms with E-state index in [2.05, 4.69) is 19.1 Å². The Morgan fingerprint density at radius 1 is 1.21 bits per heavy atom. The summed E-state index contributed by atoms with van der Waals surface area (Å²) in [6.45, 7) is 4.19. The third-order valence-electron chi connectivity index (χ3n) is 8.08. The van der Waals surface area contributed by atoms with Crippen LogP contribution >= 0.6 is 0 Å². The van der Waals surface area contributed by atoms with Gasteiger partial charge in [0.15, 0.2) is 12.1 Å². The molecule has 0 amide bonds. The molecule has 5 atom stereocenters. The van der Waals surface area contributed by atoms with Crippen molar-refractivity contribution in [1.29, 1.82) is 0 Å². The molecule has 1 aliphatic heterocycles. The summed E-state index contributed by atoms with van der Waals surface area (Å²) in [5.74, 6) is 2.54. The summed E-state index contributed by atoms with van der Waals surface area (Å²) in [5, 5.41) is 0. The lowest BCUT2D eigenvalue weighted by Crippen LogP contribution is -2.33. The second-order valence-corrected chi connectivity index (χ2v) is 9.92. The Balaban J connectivity index is 1.26. The number of allylic oxidation sites excluding steroid dienone is 6. The smallest absolute Gasteiger partial charge is 0.157 e. The van der Waals surface area contributed by atoms with E-state index in [0.717, 1.165) is 50.7 Å². The van der Waals surface area contributed by atoms with Crippen LogP contribution in [-0.2, 0) is 14.3 Å². The fourth-order valence-corrected chi connectivity index (χ4v) is 6.66. The zero-order chi connectivity index (χ0) is 19.1. The van der Waals surface area contributed by atoms with Gasteiger partial charge in [0.25, 0.3) is 0 Å². The summed E-state index contributed by atoms with van der Waals surface area (Å²) in [5.41, 5.74) is 4.76. The first-order chi connectivity index (χ1) is 13.6. The van der Waals surface area contributed by atoms with Gasteiger partial charge in [0.2, 0.25) is 0 Å². The molecule has 0 aromatic rings. The zero-order valence-corrected chi connectivity index (χ0v) is 17.3. The standard InChI is InChI=1S/C25H34O3/c1-25-11-9-21-20-8-6-19(26)15-18(20)5-7-22(21)23(25)14-17(16-25)10-13-28-24-4-2-3-12-27-24/h9,11,15,17,22-24H,2-8,10,12-14,16H2,1H3/t17-,22-,23+,24?,25-/m1/s1. The molecule has 1 saturated carbocycles. The van der Waals surface area contributed by atoms with Crippen LogP contribution in [0.3, 0.4) is 0 Å². The monoisotopic (exact) mass is 382 g/mol. The summed E-state index contributed by atoms with van der Waals surface area (Å²) in [6, 6.07) is 0. The first kappa shape index (κ1) is 18.8. The molecule has 5 aliphatic rings. The predicted octanol–water partition coefficient (Wildman–Crippen LogP) is 5.52. The summed E-state index contributed by atoms with van der Waals surface area (Å²) in [7, 11) is 0. The van der Waals surface area contributed by atoms with Crippen molar-refractivity contribution < 1.29 is 14.3 Å². The normalized spacial score (nSPS) is 40.0. The van der Waals surface area contributed by atoms with Gasteiger partial charge in [0.1, 0.15) is 0 Å². The molecule has 0 radical (unpaired) electrons. The molecule has 3 heteroatoms. The van der Waals surface area contributed by atoms with Gasteiger partial charge >= 0.3 is 0 Å². The number of hydrogen-bond donors (Lipinski definition) is 0. The average molecular weight is 383 g/mol. The maximum absolute atomic E-state index is 11.8. The lowest BCUT2D eigenvalue weighted by Gasteiger charge is -2.43. The second kappa shape index (κ2) is 7.57. The third-order valence-corrected chi connectivity index (χ3v) is 8.08. The molecule has 0 aromatic heterocycles. The quantitative estimate of drug-likeness (QED) is 0.642. The Morgan fingerprint density at radius 3 is 3.00 bits per heavy atom. The van der Waals surface area contributed by atoms with Gasteiger partial charge < -0.3 is 9.47 Å². The van der Waals surface area contributed by atoms with E-state index >= 15 is 0 Å². The largest absolute Gasteiger partial charge is 0.353 e. The first-order valence-electron chi connectivity index (χ1n) is 11.5. The van der Waals surface area contributed by atoms with Crippen LogP contribution in [0.1, 0.15) is 71.1 Å². The molecule has 152 valence electrons. The van der Waals surface area contributed by atoms with E-state index in [0.29, 0.717) is 23.5 Å². The maximum Gasteiger partial charge on any atom is 0.157 e. The van der Waals surface area contributed by atoms with Gasteiger partial charge in [-0.15, -0.1) is 0 Å². The van der Waals surface area contributed by atoms with Crippen molar-refractivity contribution in [1.82, 2.24) is 0 Å². The molecule has 1 heterocycles. The van der Waals surface area contributed by atoms with Crippen molar-refractivity contribution in [2.75, 3.05) is 13.2 Å². The summed E-state index contributed by atoms with van der Waals surface area (Å²) < 4.78 is 11.7. The molecule has 0 N–H and O–H groups in total. The molecule has 1 saturated heterocycles. The lowest BCUT2D eigenvalue weighted by atomic mass is 9.61. The van der Waals surface area contributed by atoms with E-state index in [1.165, 1.54) is 43.3 Å². The maximum atomic E-state index is 11.8. The first-order valence-corrected chi connectivity index (χ1v) is 11.5. The average Bonchev–Trinajstić information content (AvgIpc) is 3.05. The van der Waals surface area contributed by atoms with Crippen molar-refractivity contribution >= 4 is 5.78 Å². The van der Waals surface area contributed by atoms with Gasteiger partial charge in [-0.1, -0.05) is 19.1 Å². The van der Waals surface area contributed by atoms with Crippen LogP contribution in [-0.4, -0.2) is 25.3 Å². The molecule has 28 heavy (non-hydrogen) atoms. The van der Waals surface area contributed by atoms with Gasteiger partial charge in [-0.3, -0.25) is 4.79 Å². The Bertz CT molecular complexity index is 724. The fraction of sp³-hybridized carbons (Fsp3) is 0.720. The molecule has 3 nitrogen and oxygen atoms in total. The van der Waals surface area contributed by atoms with Crippen LogP contribution in [0, 0.1) is 23.2 Å². The number of rotatable bonds is 4. The number of carbonyl (C=O) groups is 1. The molecule has 0 bridgehead atoms. The van der Waals surface area contributed by atoms with Gasteiger partial charge in [-0.05, 0) is 104 Å². The number of carbonyl (C=O) groups excluding carboxylic acids is 1. The van der Waals surface area contributed by atoms with Gasteiger partial charge in [-0.25, -0.2) is 0 Å². The van der Waals surface area contributed by atoms with E-state index in [4.69, 9.17) is 9.47 Å². The Kier molecular flexibility index (Phi) is 5.09. The van der Waals surface area contributed by atoms with E-state index in [-0.39, 0.29) is 6.29 Å². The fourth-order valence-electron chi connectivity index (χ4n) is 6.66. The van der Waals surface area contributed by atoms with Crippen LogP contribution < -0.4 is 0 Å². The van der Waals surface area contributed by atoms with Crippen molar-refractivity contribution in [3.63, 3.8) is 0 Å². The van der Waals surface area contributed by atoms with Crippen LogP contribution in [0.5, 0.6) is 0 Å². The number of fused-ring (bicyclic) bond motifs is 4. The highest BCUT2D eigenvalue weighted by Crippen LogP contribution is 2.59. The van der Waals surface area contributed by atoms with Crippen molar-refractivity contribution in [2.45, 2.75) is 77.4 Å². The molecule has 0 aromatic carbocycles. The SMILES string of the molecule is C[C@]12C=CC3=C4CCC(=O)C=C4CC[C@H]3[C@@H]1C[C@@H](CCOC1CCCCO1)C2. The van der Waals surface area contributed by atoms with Crippen LogP contribution in [0.4, 0.5) is 0 Å². The number of hydrogen-bond acceptors (Lipinski definition) is 3. The molecule has 2 fully saturated rings. The van der Waals surface area contributed by atoms with Crippen LogP contribution in [0.25, 0.3) is 0 Å². The summed E-state index contributed by atoms with van der Waals surface area (Å²) in [4.78, 5) is 11.8. The Hall–Kier alpha value is -1.19. The van der Waals surface area contributed by atoms with Gasteiger partial charge in [0, 0.05) is 19.6 Å². The second-order valence-electron chi connectivity index (χ2n) is 9.92. The molecule has 1 unspecified atom stereocenters. The van der Waals surface area contributed by atoms with Gasteiger partial charge in [0.05, 0.1) is 0 Å². The van der Waals surface area contributed by atoms with E-state index in [1.807, 2.05) is 6.08 Å². The van der Waals surface area contributed by atoms with E-state index in [1.54, 1.807) is 5.57 Å². The molecule has 5 rings (SSSR count).